The molecule has 34 heavy (non-hydrogen) atoms. The van der Waals surface area contributed by atoms with Gasteiger partial charge in [-0.2, -0.15) is 13.2 Å². The standard InChI is InChI=1S/C24H18ClF3N4O2/c1-32-11-9-15(14-32)22-13-19(8-10-29-22)34-18-5-2-16(3-6-18)30-23(33)31-17-4-7-21(25)20(12-17)24(26,27)28/h2-14H,1H3,(H2,30,31,33). The van der Waals surface area contributed by atoms with Crippen LogP contribution in [0.5, 0.6) is 11.5 Å². The summed E-state index contributed by atoms with van der Waals surface area (Å²) in [5.41, 5.74) is 1.08. The highest BCUT2D eigenvalue weighted by Gasteiger charge is 2.33. The summed E-state index contributed by atoms with van der Waals surface area (Å²) in [7, 11) is 1.93. The Labute approximate surface area is 198 Å². The Morgan fingerprint density at radius 3 is 2.35 bits per heavy atom. The van der Waals surface area contributed by atoms with Crippen molar-refractivity contribution in [3.8, 4) is 22.8 Å². The van der Waals surface area contributed by atoms with Gasteiger partial charge in [0.1, 0.15) is 11.5 Å². The topological polar surface area (TPSA) is 68.2 Å². The number of urea groups is 1. The van der Waals surface area contributed by atoms with Crippen molar-refractivity contribution in [1.82, 2.24) is 9.55 Å². The van der Waals surface area contributed by atoms with E-state index in [1.165, 1.54) is 6.07 Å². The summed E-state index contributed by atoms with van der Waals surface area (Å²) < 4.78 is 46.8. The molecular formula is C24H18ClF3N4O2. The second-order valence-electron chi connectivity index (χ2n) is 7.34. The monoisotopic (exact) mass is 486 g/mol. The van der Waals surface area contributed by atoms with E-state index in [1.54, 1.807) is 36.5 Å². The summed E-state index contributed by atoms with van der Waals surface area (Å²) in [6, 6.07) is 14.5. The maximum absolute atomic E-state index is 13.0. The summed E-state index contributed by atoms with van der Waals surface area (Å²) in [5, 5.41) is 4.47. The lowest BCUT2D eigenvalue weighted by molar-refractivity contribution is -0.137. The van der Waals surface area contributed by atoms with Crippen molar-refractivity contribution in [2.24, 2.45) is 7.05 Å². The van der Waals surface area contributed by atoms with Crippen molar-refractivity contribution in [3.63, 3.8) is 0 Å². The van der Waals surface area contributed by atoms with Crippen molar-refractivity contribution < 1.29 is 22.7 Å². The van der Waals surface area contributed by atoms with Crippen LogP contribution in [0.15, 0.2) is 79.3 Å². The molecule has 0 aliphatic heterocycles. The van der Waals surface area contributed by atoms with Crippen LogP contribution in [-0.4, -0.2) is 15.6 Å². The van der Waals surface area contributed by atoms with Crippen LogP contribution in [-0.2, 0) is 13.2 Å². The molecule has 2 heterocycles. The molecule has 2 aromatic carbocycles. The lowest BCUT2D eigenvalue weighted by atomic mass is 10.2. The van der Waals surface area contributed by atoms with Crippen LogP contribution in [0.2, 0.25) is 5.02 Å². The lowest BCUT2D eigenvalue weighted by Crippen LogP contribution is -2.19. The molecule has 4 rings (SSSR count). The van der Waals surface area contributed by atoms with E-state index < -0.39 is 22.8 Å². The minimum Gasteiger partial charge on any atom is -0.457 e. The molecule has 6 nitrogen and oxygen atoms in total. The average molecular weight is 487 g/mol. The Morgan fingerprint density at radius 2 is 1.68 bits per heavy atom. The fourth-order valence-corrected chi connectivity index (χ4v) is 3.37. The molecule has 0 atom stereocenters. The van der Waals surface area contributed by atoms with Crippen LogP contribution in [0.4, 0.5) is 29.3 Å². The normalized spacial score (nSPS) is 11.2. The number of pyridine rings is 1. The number of hydrogen-bond acceptors (Lipinski definition) is 3. The van der Waals surface area contributed by atoms with Crippen LogP contribution in [0.25, 0.3) is 11.3 Å². The number of hydrogen-bond donors (Lipinski definition) is 2. The Bertz CT molecular complexity index is 1320. The summed E-state index contributed by atoms with van der Waals surface area (Å²) in [6.45, 7) is 0. The first-order valence-corrected chi connectivity index (χ1v) is 10.4. The van der Waals surface area contributed by atoms with Crippen molar-refractivity contribution in [2.75, 3.05) is 10.6 Å². The van der Waals surface area contributed by atoms with Gasteiger partial charge in [0.2, 0.25) is 0 Å². The molecule has 0 aliphatic carbocycles. The van der Waals surface area contributed by atoms with Crippen molar-refractivity contribution in [1.29, 1.82) is 0 Å². The van der Waals surface area contributed by atoms with Gasteiger partial charge in [-0.3, -0.25) is 4.98 Å². The fourth-order valence-electron chi connectivity index (χ4n) is 3.14. The van der Waals surface area contributed by atoms with Crippen LogP contribution < -0.4 is 15.4 Å². The summed E-state index contributed by atoms with van der Waals surface area (Å²) in [5.74, 6) is 1.12. The maximum Gasteiger partial charge on any atom is 0.417 e. The second-order valence-corrected chi connectivity index (χ2v) is 7.75. The number of carbonyl (C=O) groups excluding carboxylic acids is 1. The Hall–Kier alpha value is -3.98. The maximum atomic E-state index is 13.0. The zero-order chi connectivity index (χ0) is 24.3. The number of anilines is 2. The van der Waals surface area contributed by atoms with Crippen molar-refractivity contribution >= 4 is 29.0 Å². The second kappa shape index (κ2) is 9.48. The molecule has 4 aromatic rings. The summed E-state index contributed by atoms with van der Waals surface area (Å²) in [4.78, 5) is 16.6. The van der Waals surface area contributed by atoms with Crippen molar-refractivity contribution in [2.45, 2.75) is 6.18 Å². The average Bonchev–Trinajstić information content (AvgIpc) is 3.22. The number of aromatic nitrogens is 2. The van der Waals surface area contributed by atoms with Gasteiger partial charge < -0.3 is 19.9 Å². The van der Waals surface area contributed by atoms with Gasteiger partial charge in [-0.1, -0.05) is 11.6 Å². The molecule has 0 unspecified atom stereocenters. The molecule has 0 saturated heterocycles. The Balaban J connectivity index is 1.38. The van der Waals surface area contributed by atoms with E-state index >= 15 is 0 Å². The summed E-state index contributed by atoms with van der Waals surface area (Å²) >= 11 is 5.60. The van der Waals surface area contributed by atoms with Gasteiger partial charge in [-0.15, -0.1) is 0 Å². The molecule has 0 saturated carbocycles. The number of halogens is 4. The summed E-state index contributed by atoms with van der Waals surface area (Å²) in [6.07, 6.45) is 0.900. The van der Waals surface area contributed by atoms with Crippen LogP contribution >= 0.6 is 11.6 Å². The molecule has 2 N–H and O–H groups in total. The highest BCUT2D eigenvalue weighted by atomic mass is 35.5. The first-order valence-electron chi connectivity index (χ1n) is 9.98. The van der Waals surface area contributed by atoms with E-state index in [1.807, 2.05) is 36.1 Å². The van der Waals surface area contributed by atoms with Gasteiger partial charge in [0.15, 0.2) is 0 Å². The van der Waals surface area contributed by atoms with Crippen LogP contribution in [0.1, 0.15) is 5.56 Å². The fraction of sp³-hybridized carbons (Fsp3) is 0.0833. The highest BCUT2D eigenvalue weighted by Crippen LogP contribution is 2.36. The molecule has 10 heteroatoms. The van der Waals surface area contributed by atoms with E-state index in [2.05, 4.69) is 15.6 Å². The van der Waals surface area contributed by atoms with Gasteiger partial charge in [0.05, 0.1) is 16.3 Å². The zero-order valence-corrected chi connectivity index (χ0v) is 18.5. The smallest absolute Gasteiger partial charge is 0.417 e. The number of carbonyl (C=O) groups is 1. The number of ether oxygens (including phenoxy) is 1. The third-order valence-electron chi connectivity index (χ3n) is 4.74. The largest absolute Gasteiger partial charge is 0.457 e. The Kier molecular flexibility index (Phi) is 6.47. The predicted octanol–water partition coefficient (Wildman–Crippen LogP) is 7.20. The Morgan fingerprint density at radius 1 is 0.971 bits per heavy atom. The van der Waals surface area contributed by atoms with Crippen molar-refractivity contribution in [3.05, 3.63) is 89.8 Å². The van der Waals surface area contributed by atoms with Gasteiger partial charge in [-0.05, 0) is 54.6 Å². The van der Waals surface area contributed by atoms with E-state index in [9.17, 15) is 18.0 Å². The molecule has 2 amide bonds. The number of amides is 2. The molecule has 0 aliphatic rings. The van der Waals surface area contributed by atoms with E-state index in [0.29, 0.717) is 17.2 Å². The number of rotatable bonds is 5. The molecule has 0 fully saturated rings. The molecule has 0 bridgehead atoms. The minimum atomic E-state index is -4.63. The van der Waals surface area contributed by atoms with Gasteiger partial charge in [0.25, 0.3) is 0 Å². The number of aryl methyl sites for hydroxylation is 1. The first kappa shape index (κ1) is 23.2. The zero-order valence-electron chi connectivity index (χ0n) is 17.7. The van der Waals surface area contributed by atoms with E-state index in [-0.39, 0.29) is 5.69 Å². The molecule has 0 radical (unpaired) electrons. The minimum absolute atomic E-state index is 0.0407. The third kappa shape index (κ3) is 5.68. The van der Waals surface area contributed by atoms with Gasteiger partial charge in [0, 0.05) is 48.6 Å². The SMILES string of the molecule is Cn1ccc(-c2cc(Oc3ccc(NC(=O)Nc4ccc(Cl)c(C(F)(F)F)c4)cc3)ccn2)c1. The quantitative estimate of drug-likeness (QED) is 0.313. The number of nitrogens with zero attached hydrogens (tertiary/aromatic N) is 2. The van der Waals surface area contributed by atoms with Crippen LogP contribution in [0, 0.1) is 0 Å². The third-order valence-corrected chi connectivity index (χ3v) is 5.07. The predicted molar refractivity (Wildman–Crippen MR) is 124 cm³/mol. The number of benzene rings is 2. The molecule has 2 aromatic heterocycles. The first-order chi connectivity index (χ1) is 16.2. The number of nitrogens with one attached hydrogen (secondary N) is 2. The lowest BCUT2D eigenvalue weighted by Gasteiger charge is -2.12. The van der Waals surface area contributed by atoms with Gasteiger partial charge >= 0.3 is 12.2 Å². The molecular weight excluding hydrogens is 469 g/mol. The van der Waals surface area contributed by atoms with Gasteiger partial charge in [-0.25, -0.2) is 4.79 Å². The van der Waals surface area contributed by atoms with E-state index in [0.717, 1.165) is 23.4 Å². The molecule has 0 spiro atoms. The highest BCUT2D eigenvalue weighted by molar-refractivity contribution is 6.31. The van der Waals surface area contributed by atoms with Crippen LogP contribution in [0.3, 0.4) is 0 Å². The molecule has 174 valence electrons. The van der Waals surface area contributed by atoms with E-state index in [4.69, 9.17) is 16.3 Å². The number of alkyl halides is 3.